The van der Waals surface area contributed by atoms with Crippen molar-refractivity contribution in [2.24, 2.45) is 0 Å². The number of carbonyl (C=O) groups excluding carboxylic acids is 1. The van der Waals surface area contributed by atoms with Gasteiger partial charge in [0.15, 0.2) is 0 Å². The number of aryl methyl sites for hydroxylation is 1. The van der Waals surface area contributed by atoms with E-state index in [0.29, 0.717) is 54.8 Å². The summed E-state index contributed by atoms with van der Waals surface area (Å²) in [4.78, 5) is 27.9. The van der Waals surface area contributed by atoms with Crippen LogP contribution in [0.5, 0.6) is 0 Å². The molecule has 4 aromatic rings. The van der Waals surface area contributed by atoms with Crippen LogP contribution in [0.15, 0.2) is 94.3 Å². The van der Waals surface area contributed by atoms with E-state index in [2.05, 4.69) is 4.90 Å². The number of sulfonamides is 1. The van der Waals surface area contributed by atoms with Crippen LogP contribution in [-0.4, -0.2) is 63.0 Å². The van der Waals surface area contributed by atoms with Crippen LogP contribution in [0.25, 0.3) is 11.0 Å². The summed E-state index contributed by atoms with van der Waals surface area (Å²) in [6.45, 7) is 5.77. The molecule has 3 aromatic carbocycles. The van der Waals surface area contributed by atoms with Gasteiger partial charge in [0.25, 0.3) is 10.0 Å². The SMILES string of the molecule is CC=CC(=O)N1CCN(c2ccccc2N(CCc2ccccc2)S(=O)(=O)c2ccc3oc(C(=O)O)c(C)c3c2)CC1. The number of carbonyl (C=O) groups is 2. The minimum atomic E-state index is -4.09. The van der Waals surface area contributed by atoms with Crippen molar-refractivity contribution in [2.75, 3.05) is 41.9 Å². The topological polar surface area (TPSA) is 111 Å². The summed E-state index contributed by atoms with van der Waals surface area (Å²) in [6, 6.07) is 21.6. The van der Waals surface area contributed by atoms with E-state index in [4.69, 9.17) is 4.42 Å². The van der Waals surface area contributed by atoms with E-state index in [1.165, 1.54) is 22.5 Å². The predicted octanol–water partition coefficient (Wildman–Crippen LogP) is 5.10. The average molecular weight is 588 g/mol. The second-order valence-electron chi connectivity index (χ2n) is 10.1. The number of furan rings is 1. The second-order valence-corrected chi connectivity index (χ2v) is 12.0. The highest BCUT2D eigenvalue weighted by Gasteiger charge is 2.30. The minimum absolute atomic E-state index is 0.0338. The van der Waals surface area contributed by atoms with E-state index in [0.717, 1.165) is 11.3 Å². The zero-order valence-electron chi connectivity index (χ0n) is 23.6. The number of anilines is 2. The number of nitrogens with zero attached hydrogens (tertiary/aromatic N) is 3. The molecular formula is C32H33N3O6S. The van der Waals surface area contributed by atoms with Gasteiger partial charge in [-0.25, -0.2) is 13.2 Å². The summed E-state index contributed by atoms with van der Waals surface area (Å²) in [5.41, 5.74) is 2.98. The number of para-hydroxylation sites is 2. The van der Waals surface area contributed by atoms with E-state index in [1.54, 1.807) is 30.0 Å². The molecule has 0 bridgehead atoms. The minimum Gasteiger partial charge on any atom is -0.475 e. The number of hydrogen-bond acceptors (Lipinski definition) is 6. The fourth-order valence-electron chi connectivity index (χ4n) is 5.30. The molecule has 10 heteroatoms. The van der Waals surface area contributed by atoms with Gasteiger partial charge in [-0.3, -0.25) is 9.10 Å². The Balaban J connectivity index is 1.54. The van der Waals surface area contributed by atoms with E-state index < -0.39 is 16.0 Å². The molecule has 1 aliphatic heterocycles. The van der Waals surface area contributed by atoms with Gasteiger partial charge >= 0.3 is 5.97 Å². The first kappa shape index (κ1) is 28.9. The van der Waals surface area contributed by atoms with E-state index in [1.807, 2.05) is 55.5 Å². The third kappa shape index (κ3) is 5.75. The van der Waals surface area contributed by atoms with Crippen molar-refractivity contribution in [2.45, 2.75) is 25.2 Å². The average Bonchev–Trinajstić information content (AvgIpc) is 3.34. The molecule has 1 aromatic heterocycles. The number of piperazine rings is 1. The van der Waals surface area contributed by atoms with Crippen LogP contribution in [0.4, 0.5) is 11.4 Å². The van der Waals surface area contributed by atoms with Crippen LogP contribution in [0, 0.1) is 6.92 Å². The van der Waals surface area contributed by atoms with Gasteiger partial charge in [0.1, 0.15) is 5.58 Å². The number of hydrogen-bond donors (Lipinski definition) is 1. The number of fused-ring (bicyclic) bond motifs is 1. The largest absolute Gasteiger partial charge is 0.475 e. The van der Waals surface area contributed by atoms with Crippen LogP contribution in [0.1, 0.15) is 28.6 Å². The molecule has 218 valence electrons. The van der Waals surface area contributed by atoms with Gasteiger partial charge in [0.2, 0.25) is 11.7 Å². The Labute approximate surface area is 245 Å². The standard InChI is InChI=1S/C32H33N3O6S/c1-3-9-30(36)34-20-18-33(19-21-34)27-12-7-8-13-28(27)35(17-16-24-10-5-4-6-11-24)42(39,40)25-14-15-29-26(22-25)23(2)31(41-29)32(37)38/h3-15,22H,16-21H2,1-2H3,(H,37,38). The Morgan fingerprint density at radius 1 is 0.976 bits per heavy atom. The second kappa shape index (κ2) is 12.1. The molecule has 9 nitrogen and oxygen atoms in total. The quantitative estimate of drug-likeness (QED) is 0.271. The Bertz CT molecular complexity index is 1740. The monoisotopic (exact) mass is 587 g/mol. The van der Waals surface area contributed by atoms with E-state index in [-0.39, 0.29) is 23.1 Å². The lowest BCUT2D eigenvalue weighted by atomic mass is 10.1. The molecule has 0 atom stereocenters. The molecule has 1 aliphatic rings. The molecule has 0 unspecified atom stereocenters. The molecule has 1 N–H and O–H groups in total. The van der Waals surface area contributed by atoms with Crippen LogP contribution in [-0.2, 0) is 21.2 Å². The number of benzene rings is 3. The van der Waals surface area contributed by atoms with Gasteiger partial charge in [-0.1, -0.05) is 48.5 Å². The molecule has 1 fully saturated rings. The van der Waals surface area contributed by atoms with Crippen LogP contribution >= 0.6 is 0 Å². The lowest BCUT2D eigenvalue weighted by Crippen LogP contribution is -2.48. The number of allylic oxidation sites excluding steroid dienone is 1. The van der Waals surface area contributed by atoms with Crippen molar-refractivity contribution in [1.82, 2.24) is 4.90 Å². The summed E-state index contributed by atoms with van der Waals surface area (Å²) in [5.74, 6) is -1.45. The van der Waals surface area contributed by atoms with Crippen molar-refractivity contribution >= 4 is 44.2 Å². The maximum atomic E-state index is 14.4. The number of rotatable bonds is 9. The highest BCUT2D eigenvalue weighted by Crippen LogP contribution is 2.36. The normalized spacial score (nSPS) is 14.0. The zero-order valence-corrected chi connectivity index (χ0v) is 24.4. The van der Waals surface area contributed by atoms with Crippen molar-refractivity contribution in [1.29, 1.82) is 0 Å². The number of amides is 1. The molecule has 5 rings (SSSR count). The van der Waals surface area contributed by atoms with Gasteiger partial charge in [-0.2, -0.15) is 0 Å². The maximum Gasteiger partial charge on any atom is 0.372 e. The fourth-order valence-corrected chi connectivity index (χ4v) is 6.80. The third-order valence-electron chi connectivity index (χ3n) is 7.53. The van der Waals surface area contributed by atoms with Crippen LogP contribution < -0.4 is 9.21 Å². The predicted molar refractivity (Wildman–Crippen MR) is 163 cm³/mol. The summed E-state index contributed by atoms with van der Waals surface area (Å²) >= 11 is 0. The van der Waals surface area contributed by atoms with Gasteiger partial charge in [-0.05, 0) is 62.2 Å². The Morgan fingerprint density at radius 3 is 2.36 bits per heavy atom. The Morgan fingerprint density at radius 2 is 1.67 bits per heavy atom. The first-order chi connectivity index (χ1) is 20.2. The van der Waals surface area contributed by atoms with Crippen molar-refractivity contribution in [3.8, 4) is 0 Å². The van der Waals surface area contributed by atoms with Gasteiger partial charge in [0, 0.05) is 43.7 Å². The first-order valence-electron chi connectivity index (χ1n) is 13.8. The summed E-state index contributed by atoms with van der Waals surface area (Å²) in [6.07, 6.45) is 3.76. The van der Waals surface area contributed by atoms with Crippen LogP contribution in [0.3, 0.4) is 0 Å². The van der Waals surface area contributed by atoms with E-state index in [9.17, 15) is 23.1 Å². The molecule has 0 aliphatic carbocycles. The summed E-state index contributed by atoms with van der Waals surface area (Å²) in [5, 5.41) is 9.93. The zero-order chi connectivity index (χ0) is 29.9. The number of carboxylic acid groups (broad SMARTS) is 1. The van der Waals surface area contributed by atoms with Gasteiger partial charge in [-0.15, -0.1) is 0 Å². The van der Waals surface area contributed by atoms with E-state index >= 15 is 0 Å². The summed E-state index contributed by atoms with van der Waals surface area (Å²) < 4.78 is 35.7. The highest BCUT2D eigenvalue weighted by molar-refractivity contribution is 7.92. The van der Waals surface area contributed by atoms with Gasteiger partial charge < -0.3 is 19.3 Å². The lowest BCUT2D eigenvalue weighted by Gasteiger charge is -2.38. The molecule has 0 spiro atoms. The molecule has 0 saturated carbocycles. The van der Waals surface area contributed by atoms with Gasteiger partial charge in [0.05, 0.1) is 16.3 Å². The first-order valence-corrected chi connectivity index (χ1v) is 15.2. The van der Waals surface area contributed by atoms with Crippen molar-refractivity contribution in [3.05, 3.63) is 102 Å². The summed E-state index contributed by atoms with van der Waals surface area (Å²) in [7, 11) is -4.09. The number of aromatic carboxylic acids is 1. The highest BCUT2D eigenvalue weighted by atomic mass is 32.2. The fraction of sp³-hybridized carbons (Fsp3) is 0.250. The molecule has 2 heterocycles. The molecular weight excluding hydrogens is 554 g/mol. The molecule has 42 heavy (non-hydrogen) atoms. The molecule has 1 saturated heterocycles. The third-order valence-corrected chi connectivity index (χ3v) is 9.34. The van der Waals surface area contributed by atoms with Crippen LogP contribution in [0.2, 0.25) is 0 Å². The lowest BCUT2D eigenvalue weighted by molar-refractivity contribution is -0.126. The Kier molecular flexibility index (Phi) is 8.35. The van der Waals surface area contributed by atoms with Crippen molar-refractivity contribution < 1.29 is 27.5 Å². The maximum absolute atomic E-state index is 14.4. The molecule has 1 amide bonds. The van der Waals surface area contributed by atoms with Crippen molar-refractivity contribution in [3.63, 3.8) is 0 Å². The Hall–Kier alpha value is -4.57. The molecule has 0 radical (unpaired) electrons. The smallest absolute Gasteiger partial charge is 0.372 e. The number of carboxylic acids is 1.